The fraction of sp³-hybridized carbons (Fsp3) is 0.429. The van der Waals surface area contributed by atoms with Crippen LogP contribution in [0.5, 0.6) is 5.75 Å². The van der Waals surface area contributed by atoms with Crippen molar-refractivity contribution in [3.63, 3.8) is 0 Å². The van der Waals surface area contributed by atoms with E-state index in [1.807, 2.05) is 60.5 Å². The summed E-state index contributed by atoms with van der Waals surface area (Å²) in [6.07, 6.45) is 0. The Morgan fingerprint density at radius 3 is 2.64 bits per heavy atom. The molecule has 7 heteroatoms. The summed E-state index contributed by atoms with van der Waals surface area (Å²) in [5, 5.41) is 4.85. The molecule has 3 rings (SSSR count). The molecule has 28 heavy (non-hydrogen) atoms. The number of amides is 2. The van der Waals surface area contributed by atoms with Gasteiger partial charge in [0.1, 0.15) is 12.4 Å². The SMILES string of the molecule is Cc1cccc(OCCNC(=O)C(C)N2CCN(C(=O)c3cccs3)CC2)c1. The second-order valence-corrected chi connectivity index (χ2v) is 7.89. The first-order valence-electron chi connectivity index (χ1n) is 9.58. The number of nitrogens with one attached hydrogen (secondary N) is 1. The molecule has 1 aliphatic heterocycles. The van der Waals surface area contributed by atoms with E-state index in [1.54, 1.807) is 0 Å². The van der Waals surface area contributed by atoms with Crippen LogP contribution in [-0.2, 0) is 4.79 Å². The molecule has 1 fully saturated rings. The molecule has 0 aliphatic carbocycles. The lowest BCUT2D eigenvalue weighted by Crippen LogP contribution is -2.55. The van der Waals surface area contributed by atoms with Gasteiger partial charge in [-0.05, 0) is 43.0 Å². The van der Waals surface area contributed by atoms with Crippen LogP contribution >= 0.6 is 11.3 Å². The van der Waals surface area contributed by atoms with Crippen molar-refractivity contribution in [2.24, 2.45) is 0 Å². The summed E-state index contributed by atoms with van der Waals surface area (Å²) >= 11 is 1.47. The number of hydrogen-bond acceptors (Lipinski definition) is 5. The molecule has 0 radical (unpaired) electrons. The fourth-order valence-electron chi connectivity index (χ4n) is 3.23. The van der Waals surface area contributed by atoms with Gasteiger partial charge < -0.3 is 15.0 Å². The number of carbonyl (C=O) groups excluding carboxylic acids is 2. The molecule has 0 bridgehead atoms. The highest BCUT2D eigenvalue weighted by atomic mass is 32.1. The first-order valence-corrected chi connectivity index (χ1v) is 10.5. The molecular formula is C21H27N3O3S. The van der Waals surface area contributed by atoms with Crippen molar-refractivity contribution < 1.29 is 14.3 Å². The van der Waals surface area contributed by atoms with Gasteiger partial charge in [-0.25, -0.2) is 0 Å². The molecular weight excluding hydrogens is 374 g/mol. The zero-order valence-electron chi connectivity index (χ0n) is 16.4. The van der Waals surface area contributed by atoms with E-state index in [2.05, 4.69) is 10.2 Å². The lowest BCUT2D eigenvalue weighted by atomic mass is 10.2. The summed E-state index contributed by atoms with van der Waals surface area (Å²) in [7, 11) is 0. The van der Waals surface area contributed by atoms with E-state index in [1.165, 1.54) is 11.3 Å². The third-order valence-electron chi connectivity index (χ3n) is 4.92. The second kappa shape index (κ2) is 9.71. The van der Waals surface area contributed by atoms with Crippen molar-refractivity contribution in [2.75, 3.05) is 39.3 Å². The van der Waals surface area contributed by atoms with E-state index >= 15 is 0 Å². The standard InChI is InChI=1S/C21H27N3O3S/c1-16-5-3-6-18(15-16)27-13-8-22-20(25)17(2)23-9-11-24(12-10-23)21(26)19-7-4-14-28-19/h3-7,14-15,17H,8-13H2,1-2H3,(H,22,25). The lowest BCUT2D eigenvalue weighted by molar-refractivity contribution is -0.126. The number of rotatable bonds is 7. The number of hydrogen-bond donors (Lipinski definition) is 1. The number of nitrogens with zero attached hydrogens (tertiary/aromatic N) is 2. The maximum atomic E-state index is 12.4. The molecule has 1 aromatic heterocycles. The minimum Gasteiger partial charge on any atom is -0.492 e. The molecule has 0 spiro atoms. The normalized spacial score (nSPS) is 15.9. The first-order chi connectivity index (χ1) is 13.5. The third kappa shape index (κ3) is 5.33. The highest BCUT2D eigenvalue weighted by Gasteiger charge is 2.28. The van der Waals surface area contributed by atoms with E-state index in [-0.39, 0.29) is 17.9 Å². The summed E-state index contributed by atoms with van der Waals surface area (Å²) in [6, 6.07) is 11.4. The third-order valence-corrected chi connectivity index (χ3v) is 5.78. The maximum absolute atomic E-state index is 12.4. The van der Waals surface area contributed by atoms with Crippen LogP contribution in [0.1, 0.15) is 22.2 Å². The van der Waals surface area contributed by atoms with Gasteiger partial charge in [-0.2, -0.15) is 0 Å². The molecule has 1 aliphatic rings. The van der Waals surface area contributed by atoms with Gasteiger partial charge in [0.15, 0.2) is 0 Å². The molecule has 1 N–H and O–H groups in total. The fourth-order valence-corrected chi connectivity index (χ4v) is 3.92. The van der Waals surface area contributed by atoms with Crippen LogP contribution in [0.3, 0.4) is 0 Å². The molecule has 6 nitrogen and oxygen atoms in total. The monoisotopic (exact) mass is 401 g/mol. The van der Waals surface area contributed by atoms with Gasteiger partial charge in [0.25, 0.3) is 5.91 Å². The van der Waals surface area contributed by atoms with Gasteiger partial charge in [0.05, 0.1) is 17.5 Å². The molecule has 1 unspecified atom stereocenters. The van der Waals surface area contributed by atoms with Gasteiger partial charge in [0.2, 0.25) is 5.91 Å². The Labute approximate surface area is 170 Å². The second-order valence-electron chi connectivity index (χ2n) is 6.94. The van der Waals surface area contributed by atoms with Crippen molar-refractivity contribution >= 4 is 23.2 Å². The van der Waals surface area contributed by atoms with E-state index in [9.17, 15) is 9.59 Å². The van der Waals surface area contributed by atoms with Crippen molar-refractivity contribution in [3.05, 3.63) is 52.2 Å². The average Bonchev–Trinajstić information content (AvgIpc) is 3.25. The Bertz CT molecular complexity index is 786. The highest BCUT2D eigenvalue weighted by molar-refractivity contribution is 7.12. The summed E-state index contributed by atoms with van der Waals surface area (Å²) < 4.78 is 5.67. The van der Waals surface area contributed by atoms with E-state index < -0.39 is 0 Å². The van der Waals surface area contributed by atoms with Crippen LogP contribution in [0.25, 0.3) is 0 Å². The van der Waals surface area contributed by atoms with E-state index in [4.69, 9.17) is 4.74 Å². The predicted molar refractivity (Wildman–Crippen MR) is 111 cm³/mol. The van der Waals surface area contributed by atoms with Crippen LogP contribution in [0, 0.1) is 6.92 Å². The molecule has 2 heterocycles. The Hall–Kier alpha value is -2.38. The number of ether oxygens (including phenoxy) is 1. The van der Waals surface area contributed by atoms with E-state index in [0.717, 1.165) is 16.2 Å². The smallest absolute Gasteiger partial charge is 0.264 e. The van der Waals surface area contributed by atoms with Crippen molar-refractivity contribution in [1.29, 1.82) is 0 Å². The predicted octanol–water partition coefficient (Wildman–Crippen LogP) is 2.40. The number of carbonyl (C=O) groups is 2. The summed E-state index contributed by atoms with van der Waals surface area (Å²) in [5.41, 5.74) is 1.15. The Morgan fingerprint density at radius 2 is 1.96 bits per heavy atom. The quantitative estimate of drug-likeness (QED) is 0.724. The first kappa shape index (κ1) is 20.4. The highest BCUT2D eigenvalue weighted by Crippen LogP contribution is 2.15. The van der Waals surface area contributed by atoms with Gasteiger partial charge in [-0.15, -0.1) is 11.3 Å². The Morgan fingerprint density at radius 1 is 1.18 bits per heavy atom. The molecule has 2 aromatic rings. The van der Waals surface area contributed by atoms with Gasteiger partial charge in [-0.3, -0.25) is 14.5 Å². The van der Waals surface area contributed by atoms with E-state index in [0.29, 0.717) is 39.3 Å². The van der Waals surface area contributed by atoms with Crippen molar-refractivity contribution in [1.82, 2.24) is 15.1 Å². The zero-order valence-corrected chi connectivity index (χ0v) is 17.2. The average molecular weight is 402 g/mol. The molecule has 150 valence electrons. The lowest BCUT2D eigenvalue weighted by Gasteiger charge is -2.37. The Kier molecular flexibility index (Phi) is 7.06. The van der Waals surface area contributed by atoms with Crippen LogP contribution < -0.4 is 10.1 Å². The maximum Gasteiger partial charge on any atom is 0.264 e. The van der Waals surface area contributed by atoms with Crippen LogP contribution in [0.15, 0.2) is 41.8 Å². The zero-order chi connectivity index (χ0) is 19.9. The van der Waals surface area contributed by atoms with Gasteiger partial charge in [0, 0.05) is 26.2 Å². The molecule has 1 aromatic carbocycles. The summed E-state index contributed by atoms with van der Waals surface area (Å²) in [5.74, 6) is 0.889. The van der Waals surface area contributed by atoms with Crippen LogP contribution in [0.2, 0.25) is 0 Å². The Balaban J connectivity index is 1.37. The van der Waals surface area contributed by atoms with Gasteiger partial charge >= 0.3 is 0 Å². The van der Waals surface area contributed by atoms with Crippen LogP contribution in [-0.4, -0.2) is 67.0 Å². The largest absolute Gasteiger partial charge is 0.492 e. The topological polar surface area (TPSA) is 61.9 Å². The molecule has 0 saturated carbocycles. The van der Waals surface area contributed by atoms with Crippen molar-refractivity contribution in [3.8, 4) is 5.75 Å². The summed E-state index contributed by atoms with van der Waals surface area (Å²) in [4.78, 5) is 29.6. The minimum atomic E-state index is -0.224. The van der Waals surface area contributed by atoms with Crippen LogP contribution in [0.4, 0.5) is 0 Å². The molecule has 2 amide bonds. The van der Waals surface area contributed by atoms with Gasteiger partial charge in [-0.1, -0.05) is 18.2 Å². The number of aryl methyl sites for hydroxylation is 1. The summed E-state index contributed by atoms with van der Waals surface area (Å²) in [6.45, 7) is 7.52. The minimum absolute atomic E-state index is 0.00845. The van der Waals surface area contributed by atoms with Crippen molar-refractivity contribution in [2.45, 2.75) is 19.9 Å². The number of thiophene rings is 1. The molecule has 1 saturated heterocycles. The number of piperazine rings is 1. The molecule has 1 atom stereocenters. The number of benzene rings is 1.